The van der Waals surface area contributed by atoms with E-state index < -0.39 is 5.66 Å². The summed E-state index contributed by atoms with van der Waals surface area (Å²) >= 11 is 0. The van der Waals surface area contributed by atoms with Crippen molar-refractivity contribution in [3.05, 3.63) is 65.2 Å². The van der Waals surface area contributed by atoms with Gasteiger partial charge in [-0.2, -0.15) is 5.26 Å². The smallest absolute Gasteiger partial charge is 0.258 e. The first-order valence-corrected chi connectivity index (χ1v) is 11.6. The maximum Gasteiger partial charge on any atom is 0.258 e. The van der Waals surface area contributed by atoms with Crippen molar-refractivity contribution in [3.8, 4) is 6.07 Å². The summed E-state index contributed by atoms with van der Waals surface area (Å²) in [6.07, 6.45) is 0.869. The van der Waals surface area contributed by atoms with Gasteiger partial charge in [-0.3, -0.25) is 24.2 Å². The molecule has 3 amide bonds. The van der Waals surface area contributed by atoms with E-state index in [1.807, 2.05) is 42.2 Å². The lowest BCUT2D eigenvalue weighted by atomic mass is 9.98. The molecule has 2 aromatic carbocycles. The number of carbonyl (C=O) groups excluding carboxylic acids is 3. The van der Waals surface area contributed by atoms with Crippen molar-refractivity contribution in [1.82, 2.24) is 14.7 Å². The van der Waals surface area contributed by atoms with Crippen LogP contribution in [0.4, 0.5) is 5.69 Å². The van der Waals surface area contributed by atoms with E-state index in [0.717, 1.165) is 25.2 Å². The number of hydrogen-bond donors (Lipinski definition) is 0. The standard InChI is InChI=1S/C26H27N5O3/c1-26-11-10-23(32)31(26)22-5-3-2-4-21(22)25(34)30(26)18-24(33)29-14-12-28(13-15-29)17-20-8-6-19(16-27)7-9-20/h2-9H,10-15,17-18H2,1H3. The largest absolute Gasteiger partial charge is 0.339 e. The highest BCUT2D eigenvalue weighted by Crippen LogP contribution is 2.43. The number of anilines is 1. The van der Waals surface area contributed by atoms with E-state index in [1.165, 1.54) is 0 Å². The number of amides is 3. The second kappa shape index (κ2) is 8.58. The van der Waals surface area contributed by atoms with Gasteiger partial charge in [0.15, 0.2) is 0 Å². The van der Waals surface area contributed by atoms with Crippen molar-refractivity contribution in [2.45, 2.75) is 32.0 Å². The van der Waals surface area contributed by atoms with Gasteiger partial charge in [0.25, 0.3) is 5.91 Å². The number of rotatable bonds is 4. The van der Waals surface area contributed by atoms with Crippen LogP contribution in [0, 0.1) is 11.3 Å². The van der Waals surface area contributed by atoms with Crippen molar-refractivity contribution >= 4 is 23.4 Å². The minimum atomic E-state index is -0.824. The fourth-order valence-corrected chi connectivity index (χ4v) is 5.27. The van der Waals surface area contributed by atoms with Crippen LogP contribution in [0.3, 0.4) is 0 Å². The lowest BCUT2D eigenvalue weighted by Gasteiger charge is -2.49. The molecule has 1 atom stereocenters. The van der Waals surface area contributed by atoms with Crippen molar-refractivity contribution in [3.63, 3.8) is 0 Å². The Bertz CT molecular complexity index is 1180. The molecule has 3 heterocycles. The maximum atomic E-state index is 13.4. The van der Waals surface area contributed by atoms with Crippen LogP contribution in [0.5, 0.6) is 0 Å². The first-order chi connectivity index (χ1) is 16.4. The number of benzene rings is 2. The van der Waals surface area contributed by atoms with Crippen molar-refractivity contribution < 1.29 is 14.4 Å². The second-order valence-electron chi connectivity index (χ2n) is 9.32. The van der Waals surface area contributed by atoms with Gasteiger partial charge in [0.1, 0.15) is 12.2 Å². The van der Waals surface area contributed by atoms with Crippen LogP contribution in [0.2, 0.25) is 0 Å². The molecule has 174 valence electrons. The number of nitriles is 1. The summed E-state index contributed by atoms with van der Waals surface area (Å²) in [6, 6.07) is 16.8. The third-order valence-corrected chi connectivity index (χ3v) is 7.25. The summed E-state index contributed by atoms with van der Waals surface area (Å²) in [5, 5.41) is 8.95. The molecule has 3 aliphatic rings. The predicted molar refractivity (Wildman–Crippen MR) is 126 cm³/mol. The number of para-hydroxylation sites is 1. The molecule has 8 heteroatoms. The molecule has 0 aromatic heterocycles. The molecule has 3 aliphatic heterocycles. The fourth-order valence-electron chi connectivity index (χ4n) is 5.27. The molecule has 0 bridgehead atoms. The summed E-state index contributed by atoms with van der Waals surface area (Å²) in [6.45, 7) is 5.27. The van der Waals surface area contributed by atoms with Gasteiger partial charge in [-0.25, -0.2) is 0 Å². The van der Waals surface area contributed by atoms with Gasteiger partial charge >= 0.3 is 0 Å². The number of fused-ring (bicyclic) bond motifs is 3. The zero-order valence-electron chi connectivity index (χ0n) is 19.2. The molecule has 0 aliphatic carbocycles. The van der Waals surface area contributed by atoms with E-state index in [-0.39, 0.29) is 24.3 Å². The zero-order valence-corrected chi connectivity index (χ0v) is 19.2. The highest BCUT2D eigenvalue weighted by molar-refractivity contribution is 6.11. The van der Waals surface area contributed by atoms with Gasteiger partial charge in [-0.15, -0.1) is 0 Å². The normalized spacial score (nSPS) is 22.4. The molecular formula is C26H27N5O3. The third-order valence-electron chi connectivity index (χ3n) is 7.25. The summed E-state index contributed by atoms with van der Waals surface area (Å²) in [4.78, 5) is 46.7. The van der Waals surface area contributed by atoms with Crippen LogP contribution in [-0.2, 0) is 16.1 Å². The summed E-state index contributed by atoms with van der Waals surface area (Å²) in [5.41, 5.74) is 2.06. The Morgan fingerprint density at radius 2 is 1.74 bits per heavy atom. The molecule has 0 N–H and O–H groups in total. The van der Waals surface area contributed by atoms with Gasteiger partial charge in [-0.1, -0.05) is 24.3 Å². The third kappa shape index (κ3) is 3.72. The molecule has 2 fully saturated rings. The van der Waals surface area contributed by atoms with E-state index in [1.54, 1.807) is 28.0 Å². The predicted octanol–water partition coefficient (Wildman–Crippen LogP) is 2.20. The first-order valence-electron chi connectivity index (χ1n) is 11.6. The van der Waals surface area contributed by atoms with Gasteiger partial charge in [0, 0.05) is 39.1 Å². The Labute approximate surface area is 198 Å². The maximum absolute atomic E-state index is 13.4. The second-order valence-corrected chi connectivity index (χ2v) is 9.32. The van der Waals surface area contributed by atoms with Crippen LogP contribution >= 0.6 is 0 Å². The van der Waals surface area contributed by atoms with Crippen LogP contribution in [-0.4, -0.2) is 70.8 Å². The molecule has 0 radical (unpaired) electrons. The molecular weight excluding hydrogens is 430 g/mol. The Kier molecular flexibility index (Phi) is 5.58. The number of carbonyl (C=O) groups is 3. The molecule has 2 saturated heterocycles. The number of nitrogens with zero attached hydrogens (tertiary/aromatic N) is 5. The number of hydrogen-bond acceptors (Lipinski definition) is 5. The van der Waals surface area contributed by atoms with Gasteiger partial charge in [0.05, 0.1) is 22.9 Å². The highest BCUT2D eigenvalue weighted by Gasteiger charge is 2.53. The Morgan fingerprint density at radius 1 is 1.03 bits per heavy atom. The van der Waals surface area contributed by atoms with Crippen molar-refractivity contribution in [2.24, 2.45) is 0 Å². The van der Waals surface area contributed by atoms with E-state index in [9.17, 15) is 14.4 Å². The Morgan fingerprint density at radius 3 is 2.44 bits per heavy atom. The molecule has 0 spiro atoms. The van der Waals surface area contributed by atoms with Crippen LogP contribution < -0.4 is 4.90 Å². The highest BCUT2D eigenvalue weighted by atomic mass is 16.2. The first kappa shape index (κ1) is 22.1. The summed E-state index contributed by atoms with van der Waals surface area (Å²) < 4.78 is 0. The van der Waals surface area contributed by atoms with Gasteiger partial charge < -0.3 is 9.80 Å². The lowest BCUT2D eigenvalue weighted by Crippen LogP contribution is -2.64. The monoisotopic (exact) mass is 457 g/mol. The van der Waals surface area contributed by atoms with Crippen LogP contribution in [0.15, 0.2) is 48.5 Å². The molecule has 34 heavy (non-hydrogen) atoms. The average Bonchev–Trinajstić information content (AvgIpc) is 3.17. The Balaban J connectivity index is 1.25. The van der Waals surface area contributed by atoms with Crippen LogP contribution in [0.25, 0.3) is 0 Å². The molecule has 0 saturated carbocycles. The van der Waals surface area contributed by atoms with E-state index >= 15 is 0 Å². The lowest BCUT2D eigenvalue weighted by molar-refractivity contribution is -0.135. The summed E-state index contributed by atoms with van der Waals surface area (Å²) in [7, 11) is 0. The fraction of sp³-hybridized carbons (Fsp3) is 0.385. The van der Waals surface area contributed by atoms with Crippen molar-refractivity contribution in [1.29, 1.82) is 5.26 Å². The van der Waals surface area contributed by atoms with E-state index in [2.05, 4.69) is 11.0 Å². The number of piperazine rings is 1. The molecule has 1 unspecified atom stereocenters. The topological polar surface area (TPSA) is 88.0 Å². The van der Waals surface area contributed by atoms with Gasteiger partial charge in [-0.05, 0) is 43.2 Å². The summed E-state index contributed by atoms with van der Waals surface area (Å²) in [5.74, 6) is -0.306. The Hall–Kier alpha value is -3.70. The average molecular weight is 458 g/mol. The minimum Gasteiger partial charge on any atom is -0.339 e. The molecule has 2 aromatic rings. The SMILES string of the molecule is CC12CCC(=O)N1c1ccccc1C(=O)N2CC(=O)N1CCN(Cc2ccc(C#N)cc2)CC1. The van der Waals surface area contributed by atoms with Gasteiger partial charge in [0.2, 0.25) is 11.8 Å². The minimum absolute atomic E-state index is 0.0173. The van der Waals surface area contributed by atoms with E-state index in [4.69, 9.17) is 5.26 Å². The quantitative estimate of drug-likeness (QED) is 0.703. The molecule has 5 rings (SSSR count). The zero-order chi connectivity index (χ0) is 23.9. The van der Waals surface area contributed by atoms with E-state index in [0.29, 0.717) is 42.7 Å². The molecule has 8 nitrogen and oxygen atoms in total. The van der Waals surface area contributed by atoms with Crippen molar-refractivity contribution in [2.75, 3.05) is 37.6 Å². The van der Waals surface area contributed by atoms with Crippen LogP contribution in [0.1, 0.15) is 41.3 Å².